The highest BCUT2D eigenvalue weighted by atomic mass is 16.3. The monoisotopic (exact) mass is 282 g/mol. The summed E-state index contributed by atoms with van der Waals surface area (Å²) >= 11 is 0. The Bertz CT molecular complexity index is 326. The molecule has 1 aliphatic heterocycles. The molecule has 0 aromatic rings. The maximum atomic E-state index is 12.4. The zero-order valence-corrected chi connectivity index (χ0v) is 13.2. The molecule has 2 atom stereocenters. The number of piperidine rings is 1. The van der Waals surface area contributed by atoms with Crippen LogP contribution >= 0.6 is 0 Å². The van der Waals surface area contributed by atoms with Crippen LogP contribution in [0.4, 0.5) is 0 Å². The molecule has 0 radical (unpaired) electrons. The molecule has 1 N–H and O–H groups in total. The van der Waals surface area contributed by atoms with Crippen molar-refractivity contribution >= 4 is 5.91 Å². The van der Waals surface area contributed by atoms with E-state index in [-0.39, 0.29) is 17.9 Å². The van der Waals surface area contributed by atoms with E-state index in [2.05, 4.69) is 18.7 Å². The van der Waals surface area contributed by atoms with Gasteiger partial charge < -0.3 is 10.0 Å². The van der Waals surface area contributed by atoms with Crippen molar-refractivity contribution in [2.75, 3.05) is 26.7 Å². The van der Waals surface area contributed by atoms with Crippen LogP contribution in [0.3, 0.4) is 0 Å². The van der Waals surface area contributed by atoms with Crippen molar-refractivity contribution in [3.8, 4) is 0 Å². The number of hydrogen-bond donors (Lipinski definition) is 1. The lowest BCUT2D eigenvalue weighted by atomic mass is 9.87. The van der Waals surface area contributed by atoms with Gasteiger partial charge in [-0.15, -0.1) is 0 Å². The standard InChI is InChI=1S/C16H30N2O2/c1-12-4-6-14(7-5-12)17(3)16(20)11-18-9-8-15(19)13(2)10-18/h12-15,19H,4-11H2,1-3H3. The van der Waals surface area contributed by atoms with Crippen LogP contribution in [0.5, 0.6) is 0 Å². The summed E-state index contributed by atoms with van der Waals surface area (Å²) in [7, 11) is 1.96. The molecule has 1 heterocycles. The molecular weight excluding hydrogens is 252 g/mol. The molecule has 0 aromatic carbocycles. The van der Waals surface area contributed by atoms with Crippen molar-refractivity contribution in [2.45, 2.75) is 58.1 Å². The molecule has 0 bridgehead atoms. The van der Waals surface area contributed by atoms with Gasteiger partial charge in [-0.3, -0.25) is 9.69 Å². The summed E-state index contributed by atoms with van der Waals surface area (Å²) in [6.07, 6.45) is 5.39. The number of carbonyl (C=O) groups excluding carboxylic acids is 1. The molecule has 20 heavy (non-hydrogen) atoms. The quantitative estimate of drug-likeness (QED) is 0.857. The number of likely N-dealkylation sites (N-methyl/N-ethyl adjacent to an activating group) is 1. The van der Waals surface area contributed by atoms with Crippen molar-refractivity contribution in [2.24, 2.45) is 11.8 Å². The van der Waals surface area contributed by atoms with Crippen LogP contribution in [0, 0.1) is 11.8 Å². The van der Waals surface area contributed by atoms with E-state index >= 15 is 0 Å². The second-order valence-corrected chi connectivity index (χ2v) is 6.99. The van der Waals surface area contributed by atoms with Gasteiger partial charge in [-0.05, 0) is 43.9 Å². The average molecular weight is 282 g/mol. The van der Waals surface area contributed by atoms with Crippen LogP contribution < -0.4 is 0 Å². The minimum absolute atomic E-state index is 0.195. The van der Waals surface area contributed by atoms with Gasteiger partial charge in [0.1, 0.15) is 0 Å². The normalized spacial score (nSPS) is 35.8. The maximum absolute atomic E-state index is 12.4. The fourth-order valence-corrected chi connectivity index (χ4v) is 3.50. The highest BCUT2D eigenvalue weighted by Gasteiger charge is 2.29. The Balaban J connectivity index is 1.79. The van der Waals surface area contributed by atoms with E-state index in [9.17, 15) is 9.90 Å². The third-order valence-corrected chi connectivity index (χ3v) is 5.23. The van der Waals surface area contributed by atoms with Gasteiger partial charge >= 0.3 is 0 Å². The largest absolute Gasteiger partial charge is 0.393 e. The predicted molar refractivity (Wildman–Crippen MR) is 80.4 cm³/mol. The van der Waals surface area contributed by atoms with Gasteiger partial charge in [0.25, 0.3) is 0 Å². The summed E-state index contributed by atoms with van der Waals surface area (Å²) in [6, 6.07) is 0.437. The molecule has 1 aliphatic carbocycles. The van der Waals surface area contributed by atoms with Crippen molar-refractivity contribution < 1.29 is 9.90 Å². The molecule has 1 saturated carbocycles. The van der Waals surface area contributed by atoms with E-state index in [4.69, 9.17) is 0 Å². The number of aliphatic hydroxyl groups is 1. The highest BCUT2D eigenvalue weighted by molar-refractivity contribution is 5.78. The lowest BCUT2D eigenvalue weighted by Gasteiger charge is -2.37. The van der Waals surface area contributed by atoms with Crippen molar-refractivity contribution in [3.05, 3.63) is 0 Å². The van der Waals surface area contributed by atoms with Crippen LogP contribution in [0.25, 0.3) is 0 Å². The van der Waals surface area contributed by atoms with Gasteiger partial charge in [0, 0.05) is 26.2 Å². The van der Waals surface area contributed by atoms with E-state index < -0.39 is 0 Å². The SMILES string of the molecule is CC1CCC(N(C)C(=O)CN2CCC(O)C(C)C2)CC1. The molecule has 4 nitrogen and oxygen atoms in total. The lowest BCUT2D eigenvalue weighted by Crippen LogP contribution is -2.49. The summed E-state index contributed by atoms with van der Waals surface area (Å²) in [5.41, 5.74) is 0. The summed E-state index contributed by atoms with van der Waals surface area (Å²) in [5.74, 6) is 1.34. The first-order chi connectivity index (χ1) is 9.47. The van der Waals surface area contributed by atoms with Gasteiger partial charge in [-0.1, -0.05) is 13.8 Å². The summed E-state index contributed by atoms with van der Waals surface area (Å²) in [4.78, 5) is 16.6. The van der Waals surface area contributed by atoms with Gasteiger partial charge in [0.15, 0.2) is 0 Å². The first-order valence-electron chi connectivity index (χ1n) is 8.13. The average Bonchev–Trinajstić information content (AvgIpc) is 2.43. The minimum Gasteiger partial charge on any atom is -0.393 e. The Morgan fingerprint density at radius 2 is 1.85 bits per heavy atom. The molecular formula is C16H30N2O2. The van der Waals surface area contributed by atoms with Crippen molar-refractivity contribution in [1.82, 2.24) is 9.80 Å². The molecule has 116 valence electrons. The van der Waals surface area contributed by atoms with Crippen molar-refractivity contribution in [3.63, 3.8) is 0 Å². The van der Waals surface area contributed by atoms with Crippen LogP contribution in [-0.4, -0.2) is 59.6 Å². The number of likely N-dealkylation sites (tertiary alicyclic amines) is 1. The summed E-state index contributed by atoms with van der Waals surface area (Å²) in [6.45, 7) is 6.56. The Labute approximate surface area is 123 Å². The molecule has 0 aromatic heterocycles. The van der Waals surface area contributed by atoms with Gasteiger partial charge in [0.05, 0.1) is 12.6 Å². The third kappa shape index (κ3) is 3.95. The third-order valence-electron chi connectivity index (χ3n) is 5.23. The zero-order valence-electron chi connectivity index (χ0n) is 13.2. The fraction of sp³-hybridized carbons (Fsp3) is 0.938. The molecule has 1 saturated heterocycles. The maximum Gasteiger partial charge on any atom is 0.236 e. The first kappa shape index (κ1) is 15.8. The van der Waals surface area contributed by atoms with Crippen LogP contribution in [-0.2, 0) is 4.79 Å². The van der Waals surface area contributed by atoms with Crippen molar-refractivity contribution in [1.29, 1.82) is 0 Å². The molecule has 2 fully saturated rings. The number of rotatable bonds is 3. The van der Waals surface area contributed by atoms with E-state index in [1.165, 1.54) is 12.8 Å². The Morgan fingerprint density at radius 1 is 1.20 bits per heavy atom. The second-order valence-electron chi connectivity index (χ2n) is 6.99. The van der Waals surface area contributed by atoms with E-state index in [1.807, 2.05) is 11.9 Å². The second kappa shape index (κ2) is 6.90. The molecule has 0 spiro atoms. The van der Waals surface area contributed by atoms with Gasteiger partial charge in [-0.2, -0.15) is 0 Å². The number of nitrogens with zero attached hydrogens (tertiary/aromatic N) is 2. The smallest absolute Gasteiger partial charge is 0.236 e. The lowest BCUT2D eigenvalue weighted by molar-refractivity contribution is -0.134. The highest BCUT2D eigenvalue weighted by Crippen LogP contribution is 2.26. The van der Waals surface area contributed by atoms with Crippen LogP contribution in [0.1, 0.15) is 46.0 Å². The fourth-order valence-electron chi connectivity index (χ4n) is 3.50. The van der Waals surface area contributed by atoms with Gasteiger partial charge in [-0.25, -0.2) is 0 Å². The first-order valence-corrected chi connectivity index (χ1v) is 8.13. The molecule has 2 unspecified atom stereocenters. The molecule has 2 aliphatic rings. The summed E-state index contributed by atoms with van der Waals surface area (Å²) in [5, 5.41) is 9.75. The van der Waals surface area contributed by atoms with E-state index in [0.717, 1.165) is 38.3 Å². The number of hydrogen-bond acceptors (Lipinski definition) is 3. The number of carbonyl (C=O) groups is 1. The molecule has 4 heteroatoms. The number of aliphatic hydroxyl groups excluding tert-OH is 1. The van der Waals surface area contributed by atoms with Gasteiger partial charge in [0.2, 0.25) is 5.91 Å². The van der Waals surface area contributed by atoms with E-state index in [0.29, 0.717) is 12.6 Å². The number of amides is 1. The van der Waals surface area contributed by atoms with E-state index in [1.54, 1.807) is 0 Å². The minimum atomic E-state index is -0.195. The predicted octanol–water partition coefficient (Wildman–Crippen LogP) is 1.73. The Kier molecular flexibility index (Phi) is 5.44. The summed E-state index contributed by atoms with van der Waals surface area (Å²) < 4.78 is 0. The Hall–Kier alpha value is -0.610. The molecule has 2 rings (SSSR count). The Morgan fingerprint density at radius 3 is 2.45 bits per heavy atom. The zero-order chi connectivity index (χ0) is 14.7. The topological polar surface area (TPSA) is 43.8 Å². The molecule has 1 amide bonds. The van der Waals surface area contributed by atoms with Crippen LogP contribution in [0.15, 0.2) is 0 Å². The van der Waals surface area contributed by atoms with Crippen LogP contribution in [0.2, 0.25) is 0 Å².